The van der Waals surface area contributed by atoms with Gasteiger partial charge in [0.25, 0.3) is 0 Å². The number of ether oxygens (including phenoxy) is 1. The van der Waals surface area contributed by atoms with E-state index in [0.29, 0.717) is 30.4 Å². The summed E-state index contributed by atoms with van der Waals surface area (Å²) in [5.74, 6) is -0.201. The average molecular weight is 252 g/mol. The van der Waals surface area contributed by atoms with E-state index in [-0.39, 0.29) is 5.92 Å². The predicted octanol–water partition coefficient (Wildman–Crippen LogP) is 2.40. The first-order chi connectivity index (χ1) is 8.43. The molecule has 0 fully saturated rings. The lowest BCUT2D eigenvalue weighted by Gasteiger charge is -2.15. The third-order valence-corrected chi connectivity index (χ3v) is 2.49. The Balaban J connectivity index is 3.07. The third-order valence-electron chi connectivity index (χ3n) is 2.49. The SMILES string of the molecule is CCOc1cc(C(CC(C)C)C(=O)O)nc(C)n1. The fourth-order valence-electron chi connectivity index (χ4n) is 1.78. The molecular formula is C13H20N2O3. The molecule has 0 spiro atoms. The van der Waals surface area contributed by atoms with Crippen molar-refractivity contribution in [2.24, 2.45) is 5.92 Å². The lowest BCUT2D eigenvalue weighted by molar-refractivity contribution is -0.139. The first-order valence-corrected chi connectivity index (χ1v) is 6.15. The van der Waals surface area contributed by atoms with Crippen LogP contribution in [0.4, 0.5) is 0 Å². The summed E-state index contributed by atoms with van der Waals surface area (Å²) in [6.45, 7) is 8.08. The first-order valence-electron chi connectivity index (χ1n) is 6.15. The quantitative estimate of drug-likeness (QED) is 0.841. The fraction of sp³-hybridized carbons (Fsp3) is 0.615. The van der Waals surface area contributed by atoms with E-state index in [1.807, 2.05) is 20.8 Å². The number of aliphatic carboxylic acids is 1. The number of carboxylic acid groups (broad SMARTS) is 1. The molecule has 1 aromatic rings. The largest absolute Gasteiger partial charge is 0.481 e. The van der Waals surface area contributed by atoms with Crippen LogP contribution in [-0.4, -0.2) is 27.7 Å². The van der Waals surface area contributed by atoms with Crippen LogP contribution in [0.5, 0.6) is 5.88 Å². The average Bonchev–Trinajstić information content (AvgIpc) is 2.24. The zero-order valence-electron chi connectivity index (χ0n) is 11.3. The smallest absolute Gasteiger partial charge is 0.312 e. The van der Waals surface area contributed by atoms with Crippen molar-refractivity contribution in [3.63, 3.8) is 0 Å². The Kier molecular flexibility index (Phi) is 5.07. The van der Waals surface area contributed by atoms with Gasteiger partial charge in [0, 0.05) is 6.07 Å². The van der Waals surface area contributed by atoms with E-state index in [0.717, 1.165) is 0 Å². The number of hydrogen-bond donors (Lipinski definition) is 1. The molecule has 0 aromatic carbocycles. The molecule has 0 bridgehead atoms. The summed E-state index contributed by atoms with van der Waals surface area (Å²) in [6, 6.07) is 1.62. The molecule has 18 heavy (non-hydrogen) atoms. The van der Waals surface area contributed by atoms with E-state index < -0.39 is 11.9 Å². The maximum atomic E-state index is 11.3. The molecule has 1 N–H and O–H groups in total. The summed E-state index contributed by atoms with van der Waals surface area (Å²) in [5.41, 5.74) is 0.521. The Labute approximate surface area is 107 Å². The van der Waals surface area contributed by atoms with Gasteiger partial charge in [0.05, 0.1) is 18.2 Å². The van der Waals surface area contributed by atoms with E-state index in [1.165, 1.54) is 0 Å². The molecule has 0 saturated heterocycles. The van der Waals surface area contributed by atoms with Gasteiger partial charge in [-0.3, -0.25) is 4.79 Å². The van der Waals surface area contributed by atoms with Crippen LogP contribution < -0.4 is 4.74 Å². The van der Waals surface area contributed by atoms with Crippen molar-refractivity contribution in [2.45, 2.75) is 40.0 Å². The molecule has 0 saturated carbocycles. The molecule has 100 valence electrons. The van der Waals surface area contributed by atoms with Gasteiger partial charge in [-0.25, -0.2) is 4.98 Å². The van der Waals surface area contributed by atoms with Crippen molar-refractivity contribution in [3.8, 4) is 5.88 Å². The van der Waals surface area contributed by atoms with Crippen LogP contribution >= 0.6 is 0 Å². The van der Waals surface area contributed by atoms with Crippen molar-refractivity contribution >= 4 is 5.97 Å². The molecule has 1 heterocycles. The molecule has 1 aromatic heterocycles. The highest BCUT2D eigenvalue weighted by Gasteiger charge is 2.23. The van der Waals surface area contributed by atoms with Gasteiger partial charge in [-0.2, -0.15) is 4.98 Å². The molecule has 1 rings (SSSR count). The summed E-state index contributed by atoms with van der Waals surface area (Å²) in [7, 11) is 0. The Hall–Kier alpha value is -1.65. The van der Waals surface area contributed by atoms with Crippen LogP contribution in [0.2, 0.25) is 0 Å². The monoisotopic (exact) mass is 252 g/mol. The molecule has 0 aliphatic rings. The summed E-state index contributed by atoms with van der Waals surface area (Å²) >= 11 is 0. The summed E-state index contributed by atoms with van der Waals surface area (Å²) in [6.07, 6.45) is 0.553. The Morgan fingerprint density at radius 2 is 2.11 bits per heavy atom. The van der Waals surface area contributed by atoms with Crippen molar-refractivity contribution in [1.82, 2.24) is 9.97 Å². The molecular weight excluding hydrogens is 232 g/mol. The molecule has 0 amide bonds. The van der Waals surface area contributed by atoms with Gasteiger partial charge in [0.2, 0.25) is 5.88 Å². The molecule has 5 heteroatoms. The van der Waals surface area contributed by atoms with Gasteiger partial charge < -0.3 is 9.84 Å². The van der Waals surface area contributed by atoms with Crippen molar-refractivity contribution < 1.29 is 14.6 Å². The number of carboxylic acids is 1. The van der Waals surface area contributed by atoms with Crippen LogP contribution in [0.1, 0.15) is 44.6 Å². The third kappa shape index (κ3) is 3.98. The Morgan fingerprint density at radius 1 is 1.44 bits per heavy atom. The zero-order valence-corrected chi connectivity index (χ0v) is 11.3. The zero-order chi connectivity index (χ0) is 13.7. The van der Waals surface area contributed by atoms with Crippen LogP contribution in [0.25, 0.3) is 0 Å². The second kappa shape index (κ2) is 6.33. The lowest BCUT2D eigenvalue weighted by atomic mass is 9.94. The lowest BCUT2D eigenvalue weighted by Crippen LogP contribution is -2.16. The molecule has 0 aliphatic carbocycles. The summed E-state index contributed by atoms with van der Waals surface area (Å²) < 4.78 is 5.32. The van der Waals surface area contributed by atoms with Crippen LogP contribution in [0.15, 0.2) is 6.07 Å². The normalized spacial score (nSPS) is 12.5. The maximum Gasteiger partial charge on any atom is 0.312 e. The molecule has 5 nitrogen and oxygen atoms in total. The van der Waals surface area contributed by atoms with Gasteiger partial charge in [0.1, 0.15) is 5.82 Å². The van der Waals surface area contributed by atoms with Crippen LogP contribution in [0, 0.1) is 12.8 Å². The minimum atomic E-state index is -0.857. The number of nitrogens with zero attached hydrogens (tertiary/aromatic N) is 2. The molecule has 1 atom stereocenters. The van der Waals surface area contributed by atoms with Gasteiger partial charge in [0.15, 0.2) is 0 Å². The van der Waals surface area contributed by atoms with Gasteiger partial charge in [-0.1, -0.05) is 13.8 Å². The van der Waals surface area contributed by atoms with Crippen molar-refractivity contribution in [1.29, 1.82) is 0 Å². The Bertz CT molecular complexity index is 419. The van der Waals surface area contributed by atoms with E-state index in [9.17, 15) is 9.90 Å². The number of rotatable bonds is 6. The van der Waals surface area contributed by atoms with E-state index >= 15 is 0 Å². The van der Waals surface area contributed by atoms with Crippen LogP contribution in [-0.2, 0) is 4.79 Å². The van der Waals surface area contributed by atoms with E-state index in [2.05, 4.69) is 9.97 Å². The molecule has 0 radical (unpaired) electrons. The van der Waals surface area contributed by atoms with Gasteiger partial charge in [-0.15, -0.1) is 0 Å². The minimum Gasteiger partial charge on any atom is -0.481 e. The molecule has 0 aliphatic heterocycles. The number of aromatic nitrogens is 2. The second-order valence-electron chi connectivity index (χ2n) is 4.63. The number of hydrogen-bond acceptors (Lipinski definition) is 4. The number of carbonyl (C=O) groups is 1. The van der Waals surface area contributed by atoms with E-state index in [1.54, 1.807) is 13.0 Å². The maximum absolute atomic E-state index is 11.3. The summed E-state index contributed by atoms with van der Waals surface area (Å²) in [5, 5.41) is 9.29. The molecule has 1 unspecified atom stereocenters. The highest BCUT2D eigenvalue weighted by Crippen LogP contribution is 2.25. The van der Waals surface area contributed by atoms with Crippen LogP contribution in [0.3, 0.4) is 0 Å². The minimum absolute atomic E-state index is 0.289. The fourth-order valence-corrected chi connectivity index (χ4v) is 1.78. The second-order valence-corrected chi connectivity index (χ2v) is 4.63. The highest BCUT2D eigenvalue weighted by atomic mass is 16.5. The van der Waals surface area contributed by atoms with Gasteiger partial charge >= 0.3 is 5.97 Å². The Morgan fingerprint density at radius 3 is 2.61 bits per heavy atom. The topological polar surface area (TPSA) is 72.3 Å². The van der Waals surface area contributed by atoms with Crippen molar-refractivity contribution in [2.75, 3.05) is 6.61 Å². The summed E-state index contributed by atoms with van der Waals surface area (Å²) in [4.78, 5) is 19.7. The van der Waals surface area contributed by atoms with Crippen molar-refractivity contribution in [3.05, 3.63) is 17.6 Å². The predicted molar refractivity (Wildman–Crippen MR) is 67.8 cm³/mol. The first kappa shape index (κ1) is 14.4. The van der Waals surface area contributed by atoms with E-state index in [4.69, 9.17) is 4.74 Å². The van der Waals surface area contributed by atoms with Gasteiger partial charge in [-0.05, 0) is 26.2 Å². The highest BCUT2D eigenvalue weighted by molar-refractivity contribution is 5.75. The standard InChI is InChI=1S/C13H20N2O3/c1-5-18-12-7-11(14-9(4)15-12)10(13(16)17)6-8(2)3/h7-8,10H,5-6H2,1-4H3,(H,16,17). The number of aryl methyl sites for hydroxylation is 1.